The average Bonchev–Trinajstić information content (AvgIpc) is 2.42. The molecule has 0 saturated heterocycles. The Morgan fingerprint density at radius 1 is 1.10 bits per heavy atom. The summed E-state index contributed by atoms with van der Waals surface area (Å²) in [5.41, 5.74) is 0.278. The molecule has 3 nitrogen and oxygen atoms in total. The van der Waals surface area contributed by atoms with Crippen LogP contribution in [0.2, 0.25) is 10.3 Å². The maximum Gasteiger partial charge on any atom is 0.267 e. The van der Waals surface area contributed by atoms with Crippen LogP contribution in [0.25, 0.3) is 16.6 Å². The highest BCUT2D eigenvalue weighted by molar-refractivity contribution is 6.33. The fourth-order valence-electron chi connectivity index (χ4n) is 1.97. The highest BCUT2D eigenvalue weighted by Crippen LogP contribution is 2.22. The van der Waals surface area contributed by atoms with E-state index in [0.717, 1.165) is 10.6 Å². The van der Waals surface area contributed by atoms with Crippen molar-refractivity contribution in [2.24, 2.45) is 0 Å². The first-order valence-electron chi connectivity index (χ1n) is 5.70. The number of nitrogens with zero attached hydrogens (tertiary/aromatic N) is 2. The van der Waals surface area contributed by atoms with Crippen molar-refractivity contribution in [3.8, 4) is 5.69 Å². The Bertz CT molecular complexity index is 877. The molecule has 1 heterocycles. The van der Waals surface area contributed by atoms with Crippen molar-refractivity contribution >= 4 is 34.1 Å². The van der Waals surface area contributed by atoms with E-state index in [2.05, 4.69) is 4.98 Å². The number of para-hydroxylation sites is 1. The number of hydrogen-bond donors (Lipinski definition) is 0. The molecule has 20 heavy (non-hydrogen) atoms. The third-order valence-corrected chi connectivity index (χ3v) is 3.46. The molecular formula is C14H7Cl2FN2O. The van der Waals surface area contributed by atoms with Gasteiger partial charge >= 0.3 is 0 Å². The summed E-state index contributed by atoms with van der Waals surface area (Å²) in [6.45, 7) is 0. The van der Waals surface area contributed by atoms with E-state index in [4.69, 9.17) is 23.2 Å². The van der Waals surface area contributed by atoms with E-state index in [1.807, 2.05) is 0 Å². The average molecular weight is 309 g/mol. The minimum atomic E-state index is -0.510. The summed E-state index contributed by atoms with van der Waals surface area (Å²) in [5.74, 6) is -0.510. The van der Waals surface area contributed by atoms with Crippen LogP contribution in [0.5, 0.6) is 0 Å². The highest BCUT2D eigenvalue weighted by Gasteiger charge is 2.13. The van der Waals surface area contributed by atoms with E-state index in [0.29, 0.717) is 16.2 Å². The quantitative estimate of drug-likeness (QED) is 0.640. The van der Waals surface area contributed by atoms with Crippen molar-refractivity contribution < 1.29 is 4.39 Å². The molecule has 0 bridgehead atoms. The second-order valence-corrected chi connectivity index (χ2v) is 4.88. The lowest BCUT2D eigenvalue weighted by Gasteiger charge is -2.10. The predicted octanol–water partition coefficient (Wildman–Crippen LogP) is 3.83. The SMILES string of the molecule is O=c1c2cc(F)ccc2nc(Cl)n1-c1ccccc1Cl. The fraction of sp³-hybridized carbons (Fsp3) is 0. The molecule has 0 unspecified atom stereocenters. The van der Waals surface area contributed by atoms with Gasteiger partial charge in [0.05, 0.1) is 21.6 Å². The van der Waals surface area contributed by atoms with Crippen molar-refractivity contribution in [2.45, 2.75) is 0 Å². The zero-order valence-corrected chi connectivity index (χ0v) is 11.5. The first-order chi connectivity index (χ1) is 9.58. The van der Waals surface area contributed by atoms with Crippen LogP contribution >= 0.6 is 23.2 Å². The normalized spacial score (nSPS) is 10.9. The van der Waals surface area contributed by atoms with Crippen LogP contribution in [0.4, 0.5) is 4.39 Å². The Morgan fingerprint density at radius 3 is 2.60 bits per heavy atom. The van der Waals surface area contributed by atoms with Crippen LogP contribution in [0.1, 0.15) is 0 Å². The maximum absolute atomic E-state index is 13.3. The van der Waals surface area contributed by atoms with E-state index in [9.17, 15) is 9.18 Å². The third kappa shape index (κ3) is 2.07. The molecule has 0 aliphatic heterocycles. The summed E-state index contributed by atoms with van der Waals surface area (Å²) in [6.07, 6.45) is 0. The molecular weight excluding hydrogens is 302 g/mol. The van der Waals surface area contributed by atoms with Crippen LogP contribution in [0.3, 0.4) is 0 Å². The van der Waals surface area contributed by atoms with E-state index >= 15 is 0 Å². The van der Waals surface area contributed by atoms with Gasteiger partial charge in [0.25, 0.3) is 5.56 Å². The number of hydrogen-bond acceptors (Lipinski definition) is 2. The van der Waals surface area contributed by atoms with E-state index < -0.39 is 11.4 Å². The Morgan fingerprint density at radius 2 is 1.85 bits per heavy atom. The second kappa shape index (κ2) is 4.89. The largest absolute Gasteiger partial charge is 0.268 e. The minimum absolute atomic E-state index is 0.0257. The number of aromatic nitrogens is 2. The maximum atomic E-state index is 13.3. The summed E-state index contributed by atoms with van der Waals surface area (Å²) in [5, 5.41) is 0.477. The van der Waals surface area contributed by atoms with Crippen molar-refractivity contribution in [1.29, 1.82) is 0 Å². The smallest absolute Gasteiger partial charge is 0.267 e. The van der Waals surface area contributed by atoms with Crippen LogP contribution < -0.4 is 5.56 Å². The van der Waals surface area contributed by atoms with Crippen LogP contribution in [-0.2, 0) is 0 Å². The highest BCUT2D eigenvalue weighted by atomic mass is 35.5. The Balaban J connectivity index is 2.43. The van der Waals surface area contributed by atoms with Gasteiger partial charge in [-0.2, -0.15) is 0 Å². The number of benzene rings is 2. The lowest BCUT2D eigenvalue weighted by Crippen LogP contribution is -2.21. The molecule has 3 rings (SSSR count). The molecule has 0 amide bonds. The molecule has 0 N–H and O–H groups in total. The summed E-state index contributed by atoms with van der Waals surface area (Å²) < 4.78 is 14.5. The lowest BCUT2D eigenvalue weighted by atomic mass is 10.2. The van der Waals surface area contributed by atoms with Crippen molar-refractivity contribution in [3.63, 3.8) is 0 Å². The molecule has 0 spiro atoms. The first-order valence-corrected chi connectivity index (χ1v) is 6.46. The van der Waals surface area contributed by atoms with Gasteiger partial charge in [0.1, 0.15) is 5.82 Å². The zero-order valence-electron chi connectivity index (χ0n) is 9.98. The van der Waals surface area contributed by atoms with Gasteiger partial charge in [-0.1, -0.05) is 23.7 Å². The zero-order chi connectivity index (χ0) is 14.3. The Hall–Kier alpha value is -1.91. The minimum Gasteiger partial charge on any atom is -0.268 e. The lowest BCUT2D eigenvalue weighted by molar-refractivity contribution is 0.629. The number of rotatable bonds is 1. The second-order valence-electron chi connectivity index (χ2n) is 4.13. The molecule has 6 heteroatoms. The van der Waals surface area contributed by atoms with E-state index in [-0.39, 0.29) is 10.7 Å². The molecule has 3 aromatic rings. The van der Waals surface area contributed by atoms with Gasteiger partial charge in [0, 0.05) is 0 Å². The fourth-order valence-corrected chi connectivity index (χ4v) is 2.45. The first kappa shape index (κ1) is 13.1. The summed E-state index contributed by atoms with van der Waals surface area (Å²) >= 11 is 12.1. The molecule has 0 aliphatic carbocycles. The molecule has 1 aromatic heterocycles. The van der Waals surface area contributed by atoms with Crippen LogP contribution in [-0.4, -0.2) is 9.55 Å². The third-order valence-electron chi connectivity index (χ3n) is 2.88. The molecule has 0 aliphatic rings. The van der Waals surface area contributed by atoms with Crippen molar-refractivity contribution in [1.82, 2.24) is 9.55 Å². The molecule has 100 valence electrons. The Kier molecular flexibility index (Phi) is 3.20. The monoisotopic (exact) mass is 308 g/mol. The standard InChI is InChI=1S/C14H7Cl2FN2O/c15-10-3-1-2-4-12(10)19-13(20)9-7-8(17)5-6-11(9)18-14(19)16/h1-7H. The summed E-state index contributed by atoms with van der Waals surface area (Å²) in [7, 11) is 0. The van der Waals surface area contributed by atoms with Gasteiger partial charge in [-0.15, -0.1) is 0 Å². The van der Waals surface area contributed by atoms with Gasteiger partial charge in [-0.25, -0.2) is 13.9 Å². The van der Waals surface area contributed by atoms with Crippen LogP contribution in [0.15, 0.2) is 47.3 Å². The summed E-state index contributed by atoms with van der Waals surface area (Å²) in [6, 6.07) is 10.5. The van der Waals surface area contributed by atoms with E-state index in [1.54, 1.807) is 24.3 Å². The number of halogens is 3. The van der Waals surface area contributed by atoms with Crippen LogP contribution in [0, 0.1) is 5.82 Å². The van der Waals surface area contributed by atoms with Gasteiger partial charge in [-0.3, -0.25) is 4.79 Å². The van der Waals surface area contributed by atoms with Gasteiger partial charge in [0.2, 0.25) is 5.28 Å². The van der Waals surface area contributed by atoms with Gasteiger partial charge in [-0.05, 0) is 41.9 Å². The topological polar surface area (TPSA) is 34.9 Å². The molecule has 2 aromatic carbocycles. The van der Waals surface area contributed by atoms with Crippen molar-refractivity contribution in [3.05, 3.63) is 68.9 Å². The van der Waals surface area contributed by atoms with Crippen molar-refractivity contribution in [2.75, 3.05) is 0 Å². The van der Waals surface area contributed by atoms with Gasteiger partial charge in [0.15, 0.2) is 0 Å². The van der Waals surface area contributed by atoms with E-state index in [1.165, 1.54) is 12.1 Å². The molecule has 0 radical (unpaired) electrons. The van der Waals surface area contributed by atoms with Gasteiger partial charge < -0.3 is 0 Å². The molecule has 0 fully saturated rings. The summed E-state index contributed by atoms with van der Waals surface area (Å²) in [4.78, 5) is 16.6. The Labute approximate surface area is 123 Å². The molecule has 0 saturated carbocycles. The molecule has 0 atom stereocenters. The predicted molar refractivity (Wildman–Crippen MR) is 77.3 cm³/mol. The number of fused-ring (bicyclic) bond motifs is 1.